The van der Waals surface area contributed by atoms with Crippen LogP contribution in [0.1, 0.15) is 36.8 Å². The van der Waals surface area contributed by atoms with Gasteiger partial charge in [0.15, 0.2) is 0 Å². The Kier molecular flexibility index (Phi) is 18.8. The third kappa shape index (κ3) is 12.3. The molecule has 0 bridgehead atoms. The molecule has 1 saturated heterocycles. The van der Waals surface area contributed by atoms with Gasteiger partial charge in [-0.05, 0) is 55.9 Å². The SMILES string of the molecule is C1CCOC1.CI.Cc1nc(N(C)C)ccc1C#N.Cc1nc(N)ccc1C#N.[H-].[Na+]. The number of anilines is 2. The maximum absolute atomic E-state index is 8.64. The van der Waals surface area contributed by atoms with E-state index in [1.807, 2.05) is 43.0 Å². The zero-order valence-electron chi connectivity index (χ0n) is 19.7. The number of aromatic nitrogens is 2. The minimum atomic E-state index is 0. The maximum atomic E-state index is 8.64. The summed E-state index contributed by atoms with van der Waals surface area (Å²) >= 11 is 2.15. The van der Waals surface area contributed by atoms with Crippen molar-refractivity contribution in [1.82, 2.24) is 9.97 Å². The molecule has 0 atom stereocenters. The summed E-state index contributed by atoms with van der Waals surface area (Å²) in [6.45, 7) is 5.60. The molecule has 3 heterocycles. The van der Waals surface area contributed by atoms with E-state index >= 15 is 0 Å². The number of hydrogen-bond donors (Lipinski definition) is 1. The maximum Gasteiger partial charge on any atom is 1.00 e. The molecule has 9 heteroatoms. The number of aryl methyl sites for hydroxylation is 2. The van der Waals surface area contributed by atoms with Crippen LogP contribution in [-0.4, -0.2) is 42.2 Å². The molecule has 3 rings (SSSR count). The van der Waals surface area contributed by atoms with E-state index in [1.165, 1.54) is 12.8 Å². The van der Waals surface area contributed by atoms with Gasteiger partial charge in [0.25, 0.3) is 0 Å². The molecule has 30 heavy (non-hydrogen) atoms. The van der Waals surface area contributed by atoms with Crippen LogP contribution < -0.4 is 40.2 Å². The van der Waals surface area contributed by atoms with Crippen LogP contribution in [0.5, 0.6) is 0 Å². The molecule has 1 fully saturated rings. The molecule has 0 aromatic carbocycles. The Hall–Kier alpha value is -1.43. The Morgan fingerprint density at radius 3 is 1.77 bits per heavy atom. The van der Waals surface area contributed by atoms with Gasteiger partial charge in [0, 0.05) is 27.3 Å². The van der Waals surface area contributed by atoms with Crippen LogP contribution in [0.4, 0.5) is 11.6 Å². The van der Waals surface area contributed by atoms with Gasteiger partial charge in [0.05, 0.1) is 22.5 Å². The number of nitrogen functional groups attached to an aromatic ring is 1. The molecule has 1 aliphatic rings. The van der Waals surface area contributed by atoms with Gasteiger partial charge < -0.3 is 16.8 Å². The van der Waals surface area contributed by atoms with Crippen molar-refractivity contribution in [1.29, 1.82) is 10.5 Å². The molecule has 2 N–H and O–H groups in total. The van der Waals surface area contributed by atoms with Crippen molar-refractivity contribution in [3.8, 4) is 12.1 Å². The van der Waals surface area contributed by atoms with Gasteiger partial charge in [0.2, 0.25) is 0 Å². The number of halogens is 1. The average Bonchev–Trinajstić information content (AvgIpc) is 3.30. The number of hydrogen-bond acceptors (Lipinski definition) is 7. The van der Waals surface area contributed by atoms with Crippen LogP contribution in [-0.2, 0) is 4.74 Å². The van der Waals surface area contributed by atoms with Crippen molar-refractivity contribution in [2.45, 2.75) is 26.7 Å². The van der Waals surface area contributed by atoms with Gasteiger partial charge in [-0.1, -0.05) is 22.6 Å². The van der Waals surface area contributed by atoms with Gasteiger partial charge in [0.1, 0.15) is 23.8 Å². The second-order valence-electron chi connectivity index (χ2n) is 6.11. The molecule has 0 saturated carbocycles. The van der Waals surface area contributed by atoms with Crippen molar-refractivity contribution in [3.05, 3.63) is 46.8 Å². The monoisotopic (exact) mass is 532 g/mol. The summed E-state index contributed by atoms with van der Waals surface area (Å²) in [5.41, 5.74) is 8.04. The smallest absolute Gasteiger partial charge is 1.00 e. The molecule has 0 radical (unpaired) electrons. The van der Waals surface area contributed by atoms with Gasteiger partial charge in [-0.2, -0.15) is 10.5 Å². The van der Waals surface area contributed by atoms with Gasteiger partial charge in [-0.15, -0.1) is 0 Å². The van der Waals surface area contributed by atoms with Crippen LogP contribution in [0, 0.1) is 36.5 Å². The summed E-state index contributed by atoms with van der Waals surface area (Å²) in [6.07, 6.45) is 2.56. The summed E-state index contributed by atoms with van der Waals surface area (Å²) in [7, 11) is 3.85. The van der Waals surface area contributed by atoms with E-state index in [9.17, 15) is 0 Å². The number of nitrogens with two attached hydrogens (primary N) is 1. The molecule has 0 aliphatic carbocycles. The second kappa shape index (κ2) is 18.3. The van der Waals surface area contributed by atoms with Crippen molar-refractivity contribution in [2.75, 3.05) is 42.9 Å². The third-order valence-corrected chi connectivity index (χ3v) is 3.70. The van der Waals surface area contributed by atoms with E-state index in [1.54, 1.807) is 25.1 Å². The standard InChI is InChI=1S/C9H11N3.C7H7N3.C4H8O.CH3I.Na.H/c1-7-8(6-10)4-5-9(11-7)12(2)3;1-5-6(4-8)2-3-7(9)10-5;1-2-4-5-3-1;1-2;;/h4-5H,1-3H3;2-3H,1H3,(H2,9,10);1-4H2;1H3;;/q;;;;+1;-1. The Morgan fingerprint density at radius 1 is 0.967 bits per heavy atom. The first-order valence-electron chi connectivity index (χ1n) is 9.03. The van der Waals surface area contributed by atoms with E-state index in [0.717, 1.165) is 24.7 Å². The van der Waals surface area contributed by atoms with Crippen molar-refractivity contribution in [2.24, 2.45) is 0 Å². The fourth-order valence-electron chi connectivity index (χ4n) is 2.12. The van der Waals surface area contributed by atoms with E-state index in [2.05, 4.69) is 38.6 Å². The van der Waals surface area contributed by atoms with Crippen molar-refractivity contribution in [3.63, 3.8) is 0 Å². The number of alkyl halides is 1. The predicted octanol–water partition coefficient (Wildman–Crippen LogP) is 1.14. The van der Waals surface area contributed by atoms with Gasteiger partial charge >= 0.3 is 29.6 Å². The molecule has 7 nitrogen and oxygen atoms in total. The minimum Gasteiger partial charge on any atom is -1.00 e. The minimum absolute atomic E-state index is 0. The summed E-state index contributed by atoms with van der Waals surface area (Å²) in [5, 5.41) is 17.1. The third-order valence-electron chi connectivity index (χ3n) is 3.70. The number of rotatable bonds is 1. The van der Waals surface area contributed by atoms with Crippen LogP contribution in [0.3, 0.4) is 0 Å². The average molecular weight is 532 g/mol. The number of nitrogens with zero attached hydrogens (tertiary/aromatic N) is 5. The molecule has 2 aromatic heterocycles. The second-order valence-corrected chi connectivity index (χ2v) is 6.11. The van der Waals surface area contributed by atoms with Gasteiger partial charge in [-0.3, -0.25) is 0 Å². The first-order valence-corrected chi connectivity index (χ1v) is 11.2. The van der Waals surface area contributed by atoms with Crippen LogP contribution in [0.25, 0.3) is 0 Å². The van der Waals surface area contributed by atoms with E-state index in [0.29, 0.717) is 22.6 Å². The quantitative estimate of drug-likeness (QED) is 0.333. The summed E-state index contributed by atoms with van der Waals surface area (Å²) in [6, 6.07) is 11.0. The van der Waals surface area contributed by atoms with E-state index in [4.69, 9.17) is 21.0 Å². The largest absolute Gasteiger partial charge is 1.00 e. The molecule has 0 unspecified atom stereocenters. The summed E-state index contributed by atoms with van der Waals surface area (Å²) in [4.78, 5) is 12.0. The summed E-state index contributed by atoms with van der Waals surface area (Å²) < 4.78 is 4.94. The Labute approximate surface area is 217 Å². The number of ether oxygens (including phenoxy) is 1. The molecule has 0 amide bonds. The Bertz CT molecular complexity index is 828. The van der Waals surface area contributed by atoms with Crippen molar-refractivity contribution >= 4 is 34.2 Å². The molecule has 2 aromatic rings. The van der Waals surface area contributed by atoms with E-state index < -0.39 is 0 Å². The van der Waals surface area contributed by atoms with Crippen molar-refractivity contribution < 1.29 is 35.7 Å². The van der Waals surface area contributed by atoms with Gasteiger partial charge in [-0.25, -0.2) is 9.97 Å². The molecule has 0 spiro atoms. The normalized spacial score (nSPS) is 10.8. The Morgan fingerprint density at radius 2 is 1.43 bits per heavy atom. The molecular weight excluding hydrogens is 502 g/mol. The molecule has 158 valence electrons. The molecule has 1 aliphatic heterocycles. The fourth-order valence-corrected chi connectivity index (χ4v) is 2.12. The Balaban J connectivity index is -0.000000374. The first kappa shape index (κ1) is 30.8. The predicted molar refractivity (Wildman–Crippen MR) is 127 cm³/mol. The van der Waals surface area contributed by atoms with Crippen LogP contribution >= 0.6 is 22.6 Å². The summed E-state index contributed by atoms with van der Waals surface area (Å²) in [5.74, 6) is 1.34. The van der Waals surface area contributed by atoms with E-state index in [-0.39, 0.29) is 31.0 Å². The topological polar surface area (TPSA) is 112 Å². The first-order chi connectivity index (χ1) is 13.9. The fraction of sp³-hybridized carbons (Fsp3) is 0.429. The number of nitriles is 2. The zero-order valence-corrected chi connectivity index (χ0v) is 22.9. The molecular formula is C21H30IN6NaO. The number of pyridine rings is 2. The zero-order chi connectivity index (χ0) is 22.2. The van der Waals surface area contributed by atoms with Crippen LogP contribution in [0.2, 0.25) is 0 Å². The van der Waals surface area contributed by atoms with Crippen LogP contribution in [0.15, 0.2) is 24.3 Å².